The van der Waals surface area contributed by atoms with E-state index in [1.165, 1.54) is 12.8 Å². The SMILES string of the molecule is CCCCCOC(=O)C1C2CNC1C2. The van der Waals surface area contributed by atoms with E-state index in [-0.39, 0.29) is 11.9 Å². The molecular weight excluding hydrogens is 178 g/mol. The lowest BCUT2D eigenvalue weighted by Crippen LogP contribution is -2.43. The number of rotatable bonds is 5. The standard InChI is InChI=1S/C11H19NO2/c1-2-3-4-5-14-11(13)10-8-6-9(10)12-7-8/h8-10,12H,2-7H2,1H3. The minimum Gasteiger partial charge on any atom is -0.465 e. The fraction of sp³-hybridized carbons (Fsp3) is 0.909. The quantitative estimate of drug-likeness (QED) is 0.533. The van der Waals surface area contributed by atoms with Gasteiger partial charge in [-0.15, -0.1) is 0 Å². The Morgan fingerprint density at radius 1 is 1.50 bits per heavy atom. The second-order valence-corrected chi connectivity index (χ2v) is 4.41. The molecule has 3 rings (SSSR count). The van der Waals surface area contributed by atoms with Crippen molar-refractivity contribution in [2.75, 3.05) is 13.2 Å². The number of carbonyl (C=O) groups is 1. The summed E-state index contributed by atoms with van der Waals surface area (Å²) in [6.07, 6.45) is 4.52. The van der Waals surface area contributed by atoms with Crippen LogP contribution in [0.1, 0.15) is 32.6 Å². The second kappa shape index (κ2) is 4.30. The highest BCUT2D eigenvalue weighted by molar-refractivity contribution is 5.75. The fourth-order valence-electron chi connectivity index (χ4n) is 2.45. The van der Waals surface area contributed by atoms with Crippen LogP contribution < -0.4 is 5.32 Å². The average molecular weight is 197 g/mol. The van der Waals surface area contributed by atoms with E-state index in [9.17, 15) is 4.79 Å². The van der Waals surface area contributed by atoms with Crippen molar-refractivity contribution in [2.45, 2.75) is 38.6 Å². The van der Waals surface area contributed by atoms with E-state index in [1.54, 1.807) is 0 Å². The Balaban J connectivity index is 1.64. The van der Waals surface area contributed by atoms with Crippen molar-refractivity contribution >= 4 is 5.97 Å². The van der Waals surface area contributed by atoms with Crippen LogP contribution in [0, 0.1) is 11.8 Å². The molecule has 3 unspecified atom stereocenters. The molecule has 0 amide bonds. The number of hydrogen-bond acceptors (Lipinski definition) is 3. The van der Waals surface area contributed by atoms with Gasteiger partial charge >= 0.3 is 5.97 Å². The largest absolute Gasteiger partial charge is 0.465 e. The molecule has 2 saturated heterocycles. The molecule has 80 valence electrons. The summed E-state index contributed by atoms with van der Waals surface area (Å²) in [5, 5.41) is 3.33. The van der Waals surface area contributed by atoms with Crippen LogP contribution in [0.5, 0.6) is 0 Å². The summed E-state index contributed by atoms with van der Waals surface area (Å²) in [5.74, 6) is 0.780. The van der Waals surface area contributed by atoms with Gasteiger partial charge in [0.05, 0.1) is 12.5 Å². The predicted octanol–water partition coefficient (Wildman–Crippen LogP) is 1.33. The summed E-state index contributed by atoms with van der Waals surface area (Å²) < 4.78 is 5.25. The molecule has 14 heavy (non-hydrogen) atoms. The first-order chi connectivity index (χ1) is 6.83. The maximum absolute atomic E-state index is 11.6. The smallest absolute Gasteiger partial charge is 0.310 e. The molecule has 0 radical (unpaired) electrons. The van der Waals surface area contributed by atoms with E-state index >= 15 is 0 Å². The number of fused-ring (bicyclic) bond motifs is 1. The van der Waals surface area contributed by atoms with E-state index in [2.05, 4.69) is 12.2 Å². The van der Waals surface area contributed by atoms with Crippen LogP contribution in [-0.2, 0) is 9.53 Å². The van der Waals surface area contributed by atoms with Gasteiger partial charge in [0.1, 0.15) is 0 Å². The Morgan fingerprint density at radius 2 is 2.36 bits per heavy atom. The van der Waals surface area contributed by atoms with Gasteiger partial charge in [0.15, 0.2) is 0 Å². The Morgan fingerprint density at radius 3 is 2.93 bits per heavy atom. The van der Waals surface area contributed by atoms with Crippen LogP contribution >= 0.6 is 0 Å². The normalized spacial score (nSPS) is 33.9. The molecule has 0 aromatic carbocycles. The molecule has 3 heteroatoms. The van der Waals surface area contributed by atoms with Gasteiger partial charge in [-0.2, -0.15) is 0 Å². The van der Waals surface area contributed by atoms with Crippen LogP contribution in [-0.4, -0.2) is 25.2 Å². The highest BCUT2D eigenvalue weighted by atomic mass is 16.5. The Labute approximate surface area is 85.2 Å². The Hall–Kier alpha value is -0.570. The lowest BCUT2D eigenvalue weighted by atomic mass is 9.74. The Kier molecular flexibility index (Phi) is 3.06. The van der Waals surface area contributed by atoms with Gasteiger partial charge in [-0.05, 0) is 25.3 Å². The van der Waals surface area contributed by atoms with Gasteiger partial charge in [-0.25, -0.2) is 0 Å². The van der Waals surface area contributed by atoms with Gasteiger partial charge in [0, 0.05) is 6.04 Å². The minimum absolute atomic E-state index is 0.0346. The molecule has 1 aliphatic carbocycles. The zero-order valence-corrected chi connectivity index (χ0v) is 8.79. The fourth-order valence-corrected chi connectivity index (χ4v) is 2.45. The molecule has 2 heterocycles. The van der Waals surface area contributed by atoms with Crippen LogP contribution in [0.4, 0.5) is 0 Å². The third-order valence-corrected chi connectivity index (χ3v) is 3.40. The molecule has 3 atom stereocenters. The molecular formula is C11H19NO2. The third kappa shape index (κ3) is 1.78. The third-order valence-electron chi connectivity index (χ3n) is 3.40. The second-order valence-electron chi connectivity index (χ2n) is 4.41. The van der Waals surface area contributed by atoms with Gasteiger partial charge < -0.3 is 10.1 Å². The van der Waals surface area contributed by atoms with Crippen LogP contribution in [0.15, 0.2) is 0 Å². The molecule has 3 nitrogen and oxygen atoms in total. The predicted molar refractivity (Wildman–Crippen MR) is 53.9 cm³/mol. The zero-order valence-electron chi connectivity index (χ0n) is 8.79. The molecule has 2 aliphatic heterocycles. The van der Waals surface area contributed by atoms with Gasteiger partial charge in [-0.3, -0.25) is 4.79 Å². The molecule has 0 aromatic heterocycles. The summed E-state index contributed by atoms with van der Waals surface area (Å²) in [6, 6.07) is 0.429. The van der Waals surface area contributed by atoms with Crippen molar-refractivity contribution in [1.29, 1.82) is 0 Å². The molecule has 1 saturated carbocycles. The number of ether oxygens (including phenoxy) is 1. The van der Waals surface area contributed by atoms with Crippen molar-refractivity contribution in [3.63, 3.8) is 0 Å². The van der Waals surface area contributed by atoms with Crippen molar-refractivity contribution in [1.82, 2.24) is 5.32 Å². The lowest BCUT2D eigenvalue weighted by Gasteiger charge is -2.32. The van der Waals surface area contributed by atoms with Gasteiger partial charge in [0.2, 0.25) is 0 Å². The molecule has 3 fully saturated rings. The van der Waals surface area contributed by atoms with Gasteiger partial charge in [0.25, 0.3) is 0 Å². The van der Waals surface area contributed by atoms with E-state index in [1.807, 2.05) is 0 Å². The van der Waals surface area contributed by atoms with E-state index in [4.69, 9.17) is 4.74 Å². The maximum atomic E-state index is 11.6. The first-order valence-corrected chi connectivity index (χ1v) is 5.73. The number of carbonyl (C=O) groups excluding carboxylic acids is 1. The number of unbranched alkanes of at least 4 members (excludes halogenated alkanes) is 2. The van der Waals surface area contributed by atoms with Crippen molar-refractivity contribution in [3.8, 4) is 0 Å². The molecule has 1 N–H and O–H groups in total. The minimum atomic E-state index is 0.0346. The van der Waals surface area contributed by atoms with Gasteiger partial charge in [-0.1, -0.05) is 19.8 Å². The van der Waals surface area contributed by atoms with Crippen molar-refractivity contribution in [2.24, 2.45) is 11.8 Å². The first kappa shape index (κ1) is 9.97. The molecule has 0 spiro atoms. The lowest BCUT2D eigenvalue weighted by molar-refractivity contribution is -0.153. The zero-order chi connectivity index (χ0) is 9.97. The van der Waals surface area contributed by atoms with Crippen molar-refractivity contribution < 1.29 is 9.53 Å². The molecule has 3 aliphatic rings. The average Bonchev–Trinajstić information content (AvgIpc) is 2.73. The summed E-state index contributed by atoms with van der Waals surface area (Å²) in [5.41, 5.74) is 0. The summed E-state index contributed by atoms with van der Waals surface area (Å²) in [4.78, 5) is 11.6. The Bertz CT molecular complexity index is 203. The van der Waals surface area contributed by atoms with Crippen LogP contribution in [0.25, 0.3) is 0 Å². The number of hydrogen-bond donors (Lipinski definition) is 1. The summed E-state index contributed by atoms with van der Waals surface area (Å²) in [7, 11) is 0. The van der Waals surface area contributed by atoms with Crippen LogP contribution in [0.2, 0.25) is 0 Å². The number of nitrogens with one attached hydrogen (secondary N) is 1. The maximum Gasteiger partial charge on any atom is 0.310 e. The van der Waals surface area contributed by atoms with E-state index in [0.29, 0.717) is 18.6 Å². The first-order valence-electron chi connectivity index (χ1n) is 5.73. The number of esters is 1. The molecule has 2 bridgehead atoms. The summed E-state index contributed by atoms with van der Waals surface area (Å²) >= 11 is 0. The monoisotopic (exact) mass is 197 g/mol. The van der Waals surface area contributed by atoms with E-state index < -0.39 is 0 Å². The van der Waals surface area contributed by atoms with Crippen LogP contribution in [0.3, 0.4) is 0 Å². The highest BCUT2D eigenvalue weighted by Gasteiger charge is 2.51. The topological polar surface area (TPSA) is 38.3 Å². The highest BCUT2D eigenvalue weighted by Crippen LogP contribution is 2.40. The summed E-state index contributed by atoms with van der Waals surface area (Å²) in [6.45, 7) is 3.78. The van der Waals surface area contributed by atoms with Crippen molar-refractivity contribution in [3.05, 3.63) is 0 Å². The van der Waals surface area contributed by atoms with E-state index in [0.717, 1.165) is 19.4 Å². The molecule has 0 aromatic rings.